The monoisotopic (exact) mass is 310 g/mol. The molecule has 2 unspecified atom stereocenters. The summed E-state index contributed by atoms with van der Waals surface area (Å²) in [6.45, 7) is 2.16. The Kier molecular flexibility index (Phi) is 4.07. The van der Waals surface area contributed by atoms with Gasteiger partial charge in [0.25, 0.3) is 0 Å². The van der Waals surface area contributed by atoms with Gasteiger partial charge in [0, 0.05) is 10.2 Å². The van der Waals surface area contributed by atoms with Crippen molar-refractivity contribution >= 4 is 27.5 Å². The highest BCUT2D eigenvalue weighted by Crippen LogP contribution is 2.31. The molecule has 0 heterocycles. The van der Waals surface area contributed by atoms with Crippen molar-refractivity contribution in [2.45, 2.75) is 38.1 Å². The quantitative estimate of drug-likeness (QED) is 0.880. The minimum atomic E-state index is -0.708. The van der Waals surface area contributed by atoms with Crippen molar-refractivity contribution in [2.75, 3.05) is 5.32 Å². The van der Waals surface area contributed by atoms with E-state index in [0.29, 0.717) is 5.92 Å². The van der Waals surface area contributed by atoms with Gasteiger partial charge in [0.1, 0.15) is 0 Å². The molecule has 1 fully saturated rings. The summed E-state index contributed by atoms with van der Waals surface area (Å²) in [7, 11) is 0. The van der Waals surface area contributed by atoms with Gasteiger partial charge in [-0.2, -0.15) is 0 Å². The van der Waals surface area contributed by atoms with Crippen molar-refractivity contribution in [1.82, 2.24) is 0 Å². The van der Waals surface area contributed by atoms with Crippen LogP contribution in [0.15, 0.2) is 28.7 Å². The first-order chi connectivity index (χ1) is 8.49. The lowest BCUT2D eigenvalue weighted by atomic mass is 9.76. The first-order valence-electron chi connectivity index (χ1n) is 6.35. The number of halogens is 1. The van der Waals surface area contributed by atoms with Gasteiger partial charge in [-0.3, -0.25) is 4.79 Å². The maximum Gasteiger partial charge on any atom is 0.244 e. The number of nitrogens with two attached hydrogens (primary N) is 1. The average Bonchev–Trinajstić information content (AvgIpc) is 2.28. The van der Waals surface area contributed by atoms with Gasteiger partial charge in [-0.25, -0.2) is 0 Å². The van der Waals surface area contributed by atoms with E-state index in [1.807, 2.05) is 24.3 Å². The SMILES string of the molecule is CC1CCCC(N)(C(=O)Nc2cccc(Br)c2)C1. The van der Waals surface area contributed by atoms with Crippen LogP contribution in [0.5, 0.6) is 0 Å². The molecule has 3 N–H and O–H groups in total. The van der Waals surface area contributed by atoms with Crippen molar-refractivity contribution in [3.63, 3.8) is 0 Å². The summed E-state index contributed by atoms with van der Waals surface area (Å²) in [5.41, 5.74) is 6.34. The van der Waals surface area contributed by atoms with Crippen LogP contribution >= 0.6 is 15.9 Å². The highest BCUT2D eigenvalue weighted by atomic mass is 79.9. The second-order valence-electron chi connectivity index (χ2n) is 5.32. The second-order valence-corrected chi connectivity index (χ2v) is 6.24. The van der Waals surface area contributed by atoms with Crippen LogP contribution in [-0.4, -0.2) is 11.4 Å². The number of rotatable bonds is 2. The van der Waals surface area contributed by atoms with Gasteiger partial charge in [0.15, 0.2) is 0 Å². The number of anilines is 1. The minimum Gasteiger partial charge on any atom is -0.324 e. The van der Waals surface area contributed by atoms with Crippen LogP contribution in [0.4, 0.5) is 5.69 Å². The molecule has 2 rings (SSSR count). The summed E-state index contributed by atoms with van der Waals surface area (Å²) in [5.74, 6) is 0.462. The number of hydrogen-bond donors (Lipinski definition) is 2. The van der Waals surface area contributed by atoms with Crippen molar-refractivity contribution in [3.8, 4) is 0 Å². The van der Waals surface area contributed by atoms with E-state index >= 15 is 0 Å². The van der Waals surface area contributed by atoms with Gasteiger partial charge in [0.05, 0.1) is 5.54 Å². The smallest absolute Gasteiger partial charge is 0.244 e. The summed E-state index contributed by atoms with van der Waals surface area (Å²) in [6.07, 6.45) is 3.75. The van der Waals surface area contributed by atoms with E-state index in [4.69, 9.17) is 5.73 Å². The number of carbonyl (C=O) groups excluding carboxylic acids is 1. The van der Waals surface area contributed by atoms with Gasteiger partial charge < -0.3 is 11.1 Å². The van der Waals surface area contributed by atoms with Gasteiger partial charge in [-0.15, -0.1) is 0 Å². The number of carbonyl (C=O) groups is 1. The lowest BCUT2D eigenvalue weighted by molar-refractivity contribution is -0.122. The van der Waals surface area contributed by atoms with E-state index in [0.717, 1.165) is 29.4 Å². The van der Waals surface area contributed by atoms with Crippen LogP contribution in [0.25, 0.3) is 0 Å². The fourth-order valence-electron chi connectivity index (χ4n) is 2.62. The largest absolute Gasteiger partial charge is 0.324 e. The van der Waals surface area contributed by atoms with E-state index in [9.17, 15) is 4.79 Å². The summed E-state index contributed by atoms with van der Waals surface area (Å²) in [6, 6.07) is 7.58. The zero-order valence-corrected chi connectivity index (χ0v) is 12.2. The predicted octanol–water partition coefficient (Wildman–Crippen LogP) is 3.30. The zero-order valence-electron chi connectivity index (χ0n) is 10.6. The Morgan fingerprint density at radius 1 is 1.56 bits per heavy atom. The molecule has 1 aliphatic rings. The summed E-state index contributed by atoms with van der Waals surface area (Å²) < 4.78 is 0.948. The molecular formula is C14H19BrN2O. The number of nitrogens with one attached hydrogen (secondary N) is 1. The molecule has 1 amide bonds. The lowest BCUT2D eigenvalue weighted by Crippen LogP contribution is -2.53. The summed E-state index contributed by atoms with van der Waals surface area (Å²) in [5, 5.41) is 2.92. The molecule has 1 aromatic carbocycles. The van der Waals surface area contributed by atoms with Gasteiger partial charge in [-0.05, 0) is 37.0 Å². The molecule has 98 valence electrons. The predicted molar refractivity (Wildman–Crippen MR) is 77.3 cm³/mol. The Bertz CT molecular complexity index is 449. The van der Waals surface area contributed by atoms with E-state index in [2.05, 4.69) is 28.2 Å². The third-order valence-corrected chi connectivity index (χ3v) is 4.06. The van der Waals surface area contributed by atoms with Crippen molar-refractivity contribution in [1.29, 1.82) is 0 Å². The molecule has 3 nitrogen and oxygen atoms in total. The molecule has 0 radical (unpaired) electrons. The minimum absolute atomic E-state index is 0.0628. The third-order valence-electron chi connectivity index (χ3n) is 3.57. The molecule has 0 spiro atoms. The van der Waals surface area contributed by atoms with Gasteiger partial charge >= 0.3 is 0 Å². The maximum absolute atomic E-state index is 12.3. The van der Waals surface area contributed by atoms with E-state index in [-0.39, 0.29) is 5.91 Å². The maximum atomic E-state index is 12.3. The fraction of sp³-hybridized carbons (Fsp3) is 0.500. The molecule has 0 aliphatic heterocycles. The highest BCUT2D eigenvalue weighted by Gasteiger charge is 2.37. The van der Waals surface area contributed by atoms with Crippen LogP contribution in [-0.2, 0) is 4.79 Å². The summed E-state index contributed by atoms with van der Waals surface area (Å²) >= 11 is 3.39. The molecular weight excluding hydrogens is 292 g/mol. The van der Waals surface area contributed by atoms with Crippen LogP contribution in [0.1, 0.15) is 32.6 Å². The highest BCUT2D eigenvalue weighted by molar-refractivity contribution is 9.10. The molecule has 4 heteroatoms. The Morgan fingerprint density at radius 3 is 3.00 bits per heavy atom. The zero-order chi connectivity index (χ0) is 13.2. The van der Waals surface area contributed by atoms with Crippen LogP contribution in [0.2, 0.25) is 0 Å². The van der Waals surface area contributed by atoms with Gasteiger partial charge in [0.2, 0.25) is 5.91 Å². The average molecular weight is 311 g/mol. The molecule has 0 saturated heterocycles. The first kappa shape index (κ1) is 13.6. The molecule has 0 aromatic heterocycles. The molecule has 0 bridgehead atoms. The van der Waals surface area contributed by atoms with Crippen LogP contribution < -0.4 is 11.1 Å². The third kappa shape index (κ3) is 3.12. The Labute approximate surface area is 116 Å². The molecule has 1 saturated carbocycles. The second kappa shape index (κ2) is 5.41. The van der Waals surface area contributed by atoms with E-state index in [1.54, 1.807) is 0 Å². The number of benzene rings is 1. The fourth-order valence-corrected chi connectivity index (χ4v) is 3.02. The Balaban J connectivity index is 2.07. The molecule has 1 aromatic rings. The first-order valence-corrected chi connectivity index (χ1v) is 7.15. The van der Waals surface area contributed by atoms with Crippen molar-refractivity contribution in [2.24, 2.45) is 11.7 Å². The van der Waals surface area contributed by atoms with E-state index in [1.165, 1.54) is 6.42 Å². The van der Waals surface area contributed by atoms with Crippen molar-refractivity contribution < 1.29 is 4.79 Å². The van der Waals surface area contributed by atoms with Crippen molar-refractivity contribution in [3.05, 3.63) is 28.7 Å². The molecule has 2 atom stereocenters. The van der Waals surface area contributed by atoms with Gasteiger partial charge in [-0.1, -0.05) is 41.8 Å². The Morgan fingerprint density at radius 2 is 2.33 bits per heavy atom. The molecule has 18 heavy (non-hydrogen) atoms. The lowest BCUT2D eigenvalue weighted by Gasteiger charge is -2.35. The number of hydrogen-bond acceptors (Lipinski definition) is 2. The number of amides is 1. The standard InChI is InChI=1S/C14H19BrN2O/c1-10-4-3-7-14(16,9-10)13(18)17-12-6-2-5-11(15)8-12/h2,5-6,8,10H,3-4,7,9,16H2,1H3,(H,17,18). The topological polar surface area (TPSA) is 55.1 Å². The summed E-state index contributed by atoms with van der Waals surface area (Å²) in [4.78, 5) is 12.3. The normalized spacial score (nSPS) is 27.8. The van der Waals surface area contributed by atoms with Crippen LogP contribution in [0.3, 0.4) is 0 Å². The molecule has 1 aliphatic carbocycles. The van der Waals surface area contributed by atoms with Crippen LogP contribution in [0, 0.1) is 5.92 Å². The van der Waals surface area contributed by atoms with E-state index < -0.39 is 5.54 Å². The Hall–Kier alpha value is -0.870.